The van der Waals surface area contributed by atoms with Crippen LogP contribution in [0.5, 0.6) is 5.75 Å². The number of amides is 1. The number of hydrogen-bond acceptors (Lipinski definition) is 4. The molecule has 2 aromatic carbocycles. The van der Waals surface area contributed by atoms with Crippen molar-refractivity contribution in [3.8, 4) is 5.75 Å². The molecule has 3 aromatic rings. The van der Waals surface area contributed by atoms with Crippen molar-refractivity contribution in [3.05, 3.63) is 86.6 Å². The van der Waals surface area contributed by atoms with Gasteiger partial charge in [0.2, 0.25) is 5.91 Å². The molecule has 4 nitrogen and oxygen atoms in total. The Labute approximate surface area is 178 Å². The van der Waals surface area contributed by atoms with Gasteiger partial charge in [-0.1, -0.05) is 29.8 Å². The number of carbonyl (C=O) groups excluding carboxylic acids is 1. The molecule has 0 radical (unpaired) electrons. The lowest BCUT2D eigenvalue weighted by Gasteiger charge is -2.19. The maximum absolute atomic E-state index is 12.3. The predicted octanol–water partition coefficient (Wildman–Crippen LogP) is 5.46. The third-order valence-electron chi connectivity index (χ3n) is 4.65. The van der Waals surface area contributed by atoms with Crippen LogP contribution in [-0.2, 0) is 11.2 Å². The number of aliphatic imine (C=N–C) groups is 1. The quantitative estimate of drug-likeness (QED) is 0.555. The summed E-state index contributed by atoms with van der Waals surface area (Å²) in [4.78, 5) is 18.0. The van der Waals surface area contributed by atoms with Gasteiger partial charge in [-0.2, -0.15) is 0 Å². The normalized spacial score (nSPS) is 13.1. The van der Waals surface area contributed by atoms with Crippen molar-refractivity contribution in [2.75, 3.05) is 19.0 Å². The van der Waals surface area contributed by atoms with E-state index in [2.05, 4.69) is 11.4 Å². The van der Waals surface area contributed by atoms with Crippen LogP contribution in [0.3, 0.4) is 0 Å². The minimum atomic E-state index is -0.211. The Morgan fingerprint density at radius 2 is 2.14 bits per heavy atom. The Morgan fingerprint density at radius 3 is 2.93 bits per heavy atom. The highest BCUT2D eigenvalue weighted by Gasteiger charge is 2.18. The molecule has 6 heteroatoms. The van der Waals surface area contributed by atoms with Gasteiger partial charge < -0.3 is 10.1 Å². The molecule has 0 spiro atoms. The van der Waals surface area contributed by atoms with E-state index in [1.54, 1.807) is 24.5 Å². The maximum Gasteiger partial charge on any atom is 0.248 e. The van der Waals surface area contributed by atoms with Crippen LogP contribution in [0.2, 0.25) is 5.02 Å². The molecule has 0 saturated heterocycles. The van der Waals surface area contributed by atoms with Gasteiger partial charge in [0, 0.05) is 33.6 Å². The molecule has 0 fully saturated rings. The first-order chi connectivity index (χ1) is 14.1. The smallest absolute Gasteiger partial charge is 0.248 e. The van der Waals surface area contributed by atoms with Crippen molar-refractivity contribution in [2.45, 2.75) is 6.42 Å². The number of halogens is 1. The van der Waals surface area contributed by atoms with Crippen LogP contribution in [0.25, 0.3) is 6.08 Å². The van der Waals surface area contributed by atoms with Gasteiger partial charge >= 0.3 is 0 Å². The monoisotopic (exact) mass is 422 g/mol. The van der Waals surface area contributed by atoms with Crippen molar-refractivity contribution in [1.29, 1.82) is 0 Å². The highest BCUT2D eigenvalue weighted by Crippen LogP contribution is 2.30. The van der Waals surface area contributed by atoms with Gasteiger partial charge in [0.05, 0.1) is 18.5 Å². The molecule has 1 N–H and O–H groups in total. The van der Waals surface area contributed by atoms with Gasteiger partial charge in [-0.05, 0) is 53.8 Å². The summed E-state index contributed by atoms with van der Waals surface area (Å²) in [5.74, 6) is 0.369. The van der Waals surface area contributed by atoms with Crippen LogP contribution in [0.4, 0.5) is 5.69 Å². The van der Waals surface area contributed by atoms with Crippen molar-refractivity contribution < 1.29 is 9.53 Å². The molecule has 146 valence electrons. The first-order valence-corrected chi connectivity index (χ1v) is 10.4. The number of rotatable bonds is 5. The number of nitrogens with one attached hydrogen (secondary N) is 1. The summed E-state index contributed by atoms with van der Waals surface area (Å²) in [6.07, 6.45) is 4.21. The lowest BCUT2D eigenvalue weighted by molar-refractivity contribution is -0.111. The molecule has 1 aliphatic rings. The first-order valence-electron chi connectivity index (χ1n) is 9.18. The van der Waals surface area contributed by atoms with Crippen LogP contribution in [-0.4, -0.2) is 25.3 Å². The van der Waals surface area contributed by atoms with Gasteiger partial charge in [-0.3, -0.25) is 9.79 Å². The Balaban J connectivity index is 1.58. The molecule has 0 atom stereocenters. The van der Waals surface area contributed by atoms with Crippen LogP contribution >= 0.6 is 22.9 Å². The molecule has 1 aliphatic heterocycles. The number of anilines is 1. The Kier molecular flexibility index (Phi) is 5.79. The van der Waals surface area contributed by atoms with E-state index in [1.807, 2.05) is 47.8 Å². The number of fused-ring (bicyclic) bond motifs is 1. The summed E-state index contributed by atoms with van der Waals surface area (Å²) in [6, 6.07) is 15.5. The SMILES string of the molecule is COc1cc(C2=NCCc3ccc(Cl)cc32)ccc1NC(=O)C=Cc1cccs1. The second-order valence-electron chi connectivity index (χ2n) is 6.53. The molecule has 2 heterocycles. The fourth-order valence-corrected chi connectivity index (χ4v) is 4.06. The van der Waals surface area contributed by atoms with Crippen LogP contribution in [0.15, 0.2) is 65.0 Å². The van der Waals surface area contributed by atoms with Crippen molar-refractivity contribution in [2.24, 2.45) is 4.99 Å². The van der Waals surface area contributed by atoms with Gasteiger partial charge in [0.1, 0.15) is 5.75 Å². The molecular formula is C23H19ClN2O2S. The number of benzene rings is 2. The second kappa shape index (κ2) is 8.64. The molecule has 0 unspecified atom stereocenters. The van der Waals surface area contributed by atoms with E-state index >= 15 is 0 Å². The van der Waals surface area contributed by atoms with E-state index in [0.717, 1.165) is 34.7 Å². The minimum Gasteiger partial charge on any atom is -0.495 e. The Morgan fingerprint density at radius 1 is 1.24 bits per heavy atom. The van der Waals surface area contributed by atoms with Gasteiger partial charge in [0.25, 0.3) is 0 Å². The Bertz CT molecular complexity index is 1100. The van der Waals surface area contributed by atoms with Crippen LogP contribution in [0, 0.1) is 0 Å². The fourth-order valence-electron chi connectivity index (χ4n) is 3.27. The van der Waals surface area contributed by atoms with Gasteiger partial charge in [-0.25, -0.2) is 0 Å². The first kappa shape index (κ1) is 19.4. The van der Waals surface area contributed by atoms with Crippen molar-refractivity contribution in [1.82, 2.24) is 0 Å². The molecule has 1 aromatic heterocycles. The molecular weight excluding hydrogens is 404 g/mol. The summed E-state index contributed by atoms with van der Waals surface area (Å²) < 4.78 is 5.52. The molecule has 0 saturated carbocycles. The number of thiophene rings is 1. The Hall–Kier alpha value is -2.89. The highest BCUT2D eigenvalue weighted by molar-refractivity contribution is 7.10. The molecule has 4 rings (SSSR count). The van der Waals surface area contributed by atoms with E-state index < -0.39 is 0 Å². The minimum absolute atomic E-state index is 0.211. The van der Waals surface area contributed by atoms with Gasteiger partial charge in [-0.15, -0.1) is 11.3 Å². The summed E-state index contributed by atoms with van der Waals surface area (Å²) >= 11 is 7.78. The zero-order valence-electron chi connectivity index (χ0n) is 15.8. The lowest BCUT2D eigenvalue weighted by atomic mass is 9.93. The second-order valence-corrected chi connectivity index (χ2v) is 7.95. The number of hydrogen-bond donors (Lipinski definition) is 1. The summed E-state index contributed by atoms with van der Waals surface area (Å²) in [6.45, 7) is 0.734. The third-order valence-corrected chi connectivity index (χ3v) is 5.73. The van der Waals surface area contributed by atoms with E-state index in [9.17, 15) is 4.79 Å². The molecule has 0 aliphatic carbocycles. The topological polar surface area (TPSA) is 50.7 Å². The van der Waals surface area contributed by atoms with Crippen LogP contribution < -0.4 is 10.1 Å². The van der Waals surface area contributed by atoms with Crippen molar-refractivity contribution in [3.63, 3.8) is 0 Å². The molecule has 29 heavy (non-hydrogen) atoms. The molecule has 0 bridgehead atoms. The average Bonchev–Trinajstić information content (AvgIpc) is 3.26. The zero-order chi connectivity index (χ0) is 20.2. The number of carbonyl (C=O) groups is 1. The van der Waals surface area contributed by atoms with E-state index in [1.165, 1.54) is 11.6 Å². The van der Waals surface area contributed by atoms with Crippen molar-refractivity contribution >= 4 is 46.3 Å². The van der Waals surface area contributed by atoms with Gasteiger partial charge in [0.15, 0.2) is 0 Å². The van der Waals surface area contributed by atoms with Crippen LogP contribution in [0.1, 0.15) is 21.6 Å². The number of methoxy groups -OCH3 is 1. The van der Waals surface area contributed by atoms with E-state index in [-0.39, 0.29) is 5.91 Å². The average molecular weight is 423 g/mol. The lowest BCUT2D eigenvalue weighted by Crippen LogP contribution is -2.15. The summed E-state index contributed by atoms with van der Waals surface area (Å²) in [7, 11) is 1.59. The fraction of sp³-hybridized carbons (Fsp3) is 0.130. The number of ether oxygens (including phenoxy) is 1. The standard InChI is InChI=1S/C23H19ClN2O2S/c1-28-21-13-16(23-19-14-17(24)6-4-15(19)10-11-25-23)5-8-20(21)26-22(27)9-7-18-3-2-12-29-18/h2-9,12-14H,10-11H2,1H3,(H,26,27). The largest absolute Gasteiger partial charge is 0.495 e. The third kappa shape index (κ3) is 4.42. The van der Waals surface area contributed by atoms with E-state index in [4.69, 9.17) is 21.3 Å². The summed E-state index contributed by atoms with van der Waals surface area (Å²) in [5.41, 5.74) is 4.70. The predicted molar refractivity (Wildman–Crippen MR) is 121 cm³/mol. The molecule has 1 amide bonds. The summed E-state index contributed by atoms with van der Waals surface area (Å²) in [5, 5.41) is 5.53. The number of nitrogens with zero attached hydrogens (tertiary/aromatic N) is 1. The zero-order valence-corrected chi connectivity index (χ0v) is 17.4. The maximum atomic E-state index is 12.3. The highest BCUT2D eigenvalue weighted by atomic mass is 35.5. The van der Waals surface area contributed by atoms with E-state index in [0.29, 0.717) is 16.5 Å².